The van der Waals surface area contributed by atoms with E-state index < -0.39 is 0 Å². The van der Waals surface area contributed by atoms with Gasteiger partial charge in [-0.05, 0) is 17.7 Å². The van der Waals surface area contributed by atoms with Gasteiger partial charge in [-0.1, -0.05) is 23.7 Å². The van der Waals surface area contributed by atoms with Gasteiger partial charge in [0, 0.05) is 34.8 Å². The van der Waals surface area contributed by atoms with Crippen LogP contribution >= 0.6 is 22.9 Å². The summed E-state index contributed by atoms with van der Waals surface area (Å²) in [5.74, 6) is 0. The summed E-state index contributed by atoms with van der Waals surface area (Å²) in [5, 5.41) is 7.43. The Morgan fingerprint density at radius 3 is 2.75 bits per heavy atom. The molecule has 3 heterocycles. The van der Waals surface area contributed by atoms with Crippen LogP contribution in [0.25, 0.3) is 21.3 Å². The van der Waals surface area contributed by atoms with Gasteiger partial charge < -0.3 is 0 Å². The van der Waals surface area contributed by atoms with Gasteiger partial charge in [-0.25, -0.2) is 4.98 Å². The first kappa shape index (κ1) is 15.1. The number of benzene rings is 1. The number of fused-ring (bicyclic) bond motifs is 1. The smallest absolute Gasteiger partial charge is 0.263 e. The molecular weight excluding hydrogens is 344 g/mol. The highest BCUT2D eigenvalue weighted by molar-refractivity contribution is 7.17. The van der Waals surface area contributed by atoms with Crippen LogP contribution < -0.4 is 5.56 Å². The SMILES string of the molecule is Cn1cc(Cn2cnc3scc(-c4ccc(Cl)cc4)c3c2=O)cn1. The van der Waals surface area contributed by atoms with Crippen LogP contribution in [-0.4, -0.2) is 19.3 Å². The fraction of sp³-hybridized carbons (Fsp3) is 0.118. The van der Waals surface area contributed by atoms with Crippen LogP contribution in [0.5, 0.6) is 0 Å². The van der Waals surface area contributed by atoms with Crippen molar-refractivity contribution < 1.29 is 0 Å². The highest BCUT2D eigenvalue weighted by Gasteiger charge is 2.13. The number of thiophene rings is 1. The Morgan fingerprint density at radius 1 is 1.25 bits per heavy atom. The van der Waals surface area contributed by atoms with E-state index in [4.69, 9.17) is 11.6 Å². The maximum Gasteiger partial charge on any atom is 0.263 e. The third-order valence-corrected chi connectivity index (χ3v) is 4.97. The van der Waals surface area contributed by atoms with Gasteiger partial charge in [-0.15, -0.1) is 11.3 Å². The number of nitrogens with zero attached hydrogens (tertiary/aromatic N) is 4. The monoisotopic (exact) mass is 356 g/mol. The van der Waals surface area contributed by atoms with Gasteiger partial charge in [0.1, 0.15) is 4.83 Å². The quantitative estimate of drug-likeness (QED) is 0.564. The van der Waals surface area contributed by atoms with Gasteiger partial charge >= 0.3 is 0 Å². The molecule has 0 unspecified atom stereocenters. The van der Waals surface area contributed by atoms with Crippen molar-refractivity contribution in [2.24, 2.45) is 7.05 Å². The summed E-state index contributed by atoms with van der Waals surface area (Å²) in [4.78, 5) is 18.1. The molecule has 0 radical (unpaired) electrons. The molecule has 0 saturated heterocycles. The molecule has 5 nitrogen and oxygen atoms in total. The van der Waals surface area contributed by atoms with Crippen molar-refractivity contribution in [2.75, 3.05) is 0 Å². The van der Waals surface area contributed by atoms with Crippen molar-refractivity contribution >= 4 is 33.2 Å². The molecule has 0 saturated carbocycles. The standard InChI is InChI=1S/C17H13ClN4OS/c1-21-7-11(6-20-21)8-22-10-19-16-15(17(22)23)14(9-24-16)12-2-4-13(18)5-3-12/h2-7,9-10H,8H2,1H3. The lowest BCUT2D eigenvalue weighted by Crippen LogP contribution is -2.20. The summed E-state index contributed by atoms with van der Waals surface area (Å²) in [7, 11) is 1.85. The van der Waals surface area contributed by atoms with Crippen molar-refractivity contribution in [3.63, 3.8) is 0 Å². The molecule has 0 bridgehead atoms. The fourth-order valence-electron chi connectivity index (χ4n) is 2.67. The molecule has 0 atom stereocenters. The molecule has 7 heteroatoms. The Balaban J connectivity index is 1.84. The number of aryl methyl sites for hydroxylation is 1. The Bertz CT molecular complexity index is 1080. The predicted molar refractivity (Wildman–Crippen MR) is 96.6 cm³/mol. The second kappa shape index (κ2) is 5.89. The van der Waals surface area contributed by atoms with Gasteiger partial charge in [0.2, 0.25) is 0 Å². The largest absolute Gasteiger partial charge is 0.294 e. The Hall–Kier alpha value is -2.44. The topological polar surface area (TPSA) is 52.7 Å². The molecule has 0 N–H and O–H groups in total. The van der Waals surface area contributed by atoms with E-state index >= 15 is 0 Å². The van der Waals surface area contributed by atoms with Crippen molar-refractivity contribution in [3.05, 3.63) is 69.3 Å². The third-order valence-electron chi connectivity index (χ3n) is 3.83. The van der Waals surface area contributed by atoms with Crippen LogP contribution in [0.15, 0.2) is 53.2 Å². The summed E-state index contributed by atoms with van der Waals surface area (Å²) in [5.41, 5.74) is 2.77. The summed E-state index contributed by atoms with van der Waals surface area (Å²) in [6.45, 7) is 0.450. The van der Waals surface area contributed by atoms with E-state index in [0.29, 0.717) is 17.0 Å². The fourth-order valence-corrected chi connectivity index (χ4v) is 3.70. The highest BCUT2D eigenvalue weighted by Crippen LogP contribution is 2.31. The highest BCUT2D eigenvalue weighted by atomic mass is 35.5. The Labute approximate surface area is 146 Å². The summed E-state index contributed by atoms with van der Waals surface area (Å²) < 4.78 is 3.33. The van der Waals surface area contributed by atoms with Gasteiger partial charge in [0.15, 0.2) is 0 Å². The van der Waals surface area contributed by atoms with Gasteiger partial charge in [-0.2, -0.15) is 5.10 Å². The van der Waals surface area contributed by atoms with E-state index in [2.05, 4.69) is 10.1 Å². The van der Waals surface area contributed by atoms with Crippen LogP contribution in [0.3, 0.4) is 0 Å². The first-order chi connectivity index (χ1) is 11.6. The van der Waals surface area contributed by atoms with E-state index in [1.165, 1.54) is 11.3 Å². The van der Waals surface area contributed by atoms with Crippen LogP contribution in [-0.2, 0) is 13.6 Å². The zero-order valence-electron chi connectivity index (χ0n) is 12.8. The molecule has 4 rings (SSSR count). The van der Waals surface area contributed by atoms with Gasteiger partial charge in [0.25, 0.3) is 5.56 Å². The Morgan fingerprint density at radius 2 is 2.04 bits per heavy atom. The molecule has 0 spiro atoms. The van der Waals surface area contributed by atoms with E-state index in [1.807, 2.05) is 42.9 Å². The van der Waals surface area contributed by atoms with Crippen LogP contribution in [0.1, 0.15) is 5.56 Å². The lowest BCUT2D eigenvalue weighted by atomic mass is 10.1. The van der Waals surface area contributed by atoms with Gasteiger partial charge in [0.05, 0.1) is 24.5 Å². The molecule has 0 aliphatic rings. The molecule has 0 amide bonds. The number of halogens is 1. The van der Waals surface area contributed by atoms with Gasteiger partial charge in [-0.3, -0.25) is 14.0 Å². The molecule has 24 heavy (non-hydrogen) atoms. The third kappa shape index (κ3) is 2.64. The average Bonchev–Trinajstić information content (AvgIpc) is 3.18. The Kier molecular flexibility index (Phi) is 3.70. The van der Waals surface area contributed by atoms with Crippen molar-refractivity contribution in [1.29, 1.82) is 0 Å². The zero-order chi connectivity index (χ0) is 16.7. The normalized spacial score (nSPS) is 11.2. The summed E-state index contributed by atoms with van der Waals surface area (Å²) >= 11 is 7.43. The van der Waals surface area contributed by atoms with E-state index in [0.717, 1.165) is 21.5 Å². The number of rotatable bonds is 3. The molecule has 1 aromatic carbocycles. The molecule has 0 fully saturated rings. The van der Waals surface area contributed by atoms with Crippen LogP contribution in [0.4, 0.5) is 0 Å². The van der Waals surface area contributed by atoms with Crippen LogP contribution in [0.2, 0.25) is 5.02 Å². The van der Waals surface area contributed by atoms with Crippen molar-refractivity contribution in [2.45, 2.75) is 6.54 Å². The lowest BCUT2D eigenvalue weighted by Gasteiger charge is -2.05. The van der Waals surface area contributed by atoms with Crippen molar-refractivity contribution in [1.82, 2.24) is 19.3 Å². The molecule has 120 valence electrons. The number of hydrogen-bond acceptors (Lipinski definition) is 4. The second-order valence-electron chi connectivity index (χ2n) is 5.54. The number of aromatic nitrogens is 4. The minimum absolute atomic E-state index is 0.0462. The van der Waals surface area contributed by atoms with Crippen LogP contribution in [0, 0.1) is 0 Å². The molecule has 3 aromatic heterocycles. The predicted octanol–water partition coefficient (Wildman–Crippen LogP) is 3.56. The maximum atomic E-state index is 12.9. The molecule has 0 aliphatic heterocycles. The number of hydrogen-bond donors (Lipinski definition) is 0. The van der Waals surface area contributed by atoms with E-state index in [-0.39, 0.29) is 5.56 Å². The second-order valence-corrected chi connectivity index (χ2v) is 6.83. The summed E-state index contributed by atoms with van der Waals surface area (Å²) in [6.07, 6.45) is 5.24. The molecular formula is C17H13ClN4OS. The van der Waals surface area contributed by atoms with Crippen molar-refractivity contribution in [3.8, 4) is 11.1 Å². The lowest BCUT2D eigenvalue weighted by molar-refractivity contribution is 0.743. The molecule has 4 aromatic rings. The molecule has 0 aliphatic carbocycles. The zero-order valence-corrected chi connectivity index (χ0v) is 14.4. The first-order valence-corrected chi connectivity index (χ1v) is 8.57. The first-order valence-electron chi connectivity index (χ1n) is 7.32. The minimum atomic E-state index is -0.0462. The maximum absolute atomic E-state index is 12.9. The summed E-state index contributed by atoms with van der Waals surface area (Å²) in [6, 6.07) is 7.49. The van der Waals surface area contributed by atoms with E-state index in [9.17, 15) is 4.79 Å². The average molecular weight is 357 g/mol. The van der Waals surface area contributed by atoms with E-state index in [1.54, 1.807) is 21.8 Å². The minimum Gasteiger partial charge on any atom is -0.294 e.